The van der Waals surface area contributed by atoms with Crippen LogP contribution in [0.5, 0.6) is 0 Å². The van der Waals surface area contributed by atoms with E-state index in [1.807, 2.05) is 0 Å². The number of carbonyl (C=O) groups is 2. The molecule has 1 fully saturated rings. The van der Waals surface area contributed by atoms with Gasteiger partial charge in [-0.3, -0.25) is 4.79 Å². The molecule has 0 aliphatic heterocycles. The van der Waals surface area contributed by atoms with E-state index in [1.54, 1.807) is 7.11 Å². The van der Waals surface area contributed by atoms with Gasteiger partial charge in [-0.2, -0.15) is 0 Å². The molecule has 1 amide bonds. The van der Waals surface area contributed by atoms with Crippen LogP contribution < -0.4 is 5.32 Å². The van der Waals surface area contributed by atoms with Gasteiger partial charge in [-0.15, -0.1) is 0 Å². The van der Waals surface area contributed by atoms with Crippen LogP contribution in [0.1, 0.15) is 36.5 Å². The highest BCUT2D eigenvalue weighted by atomic mass is 19.1. The third-order valence-electron chi connectivity index (χ3n) is 3.46. The molecule has 0 heterocycles. The largest absolute Gasteiger partial charge is 0.456 e. The molecule has 1 saturated carbocycles. The lowest BCUT2D eigenvalue weighted by atomic mass is 10.1. The molecule has 6 heteroatoms. The Balaban J connectivity index is 2.12. The number of hydrogen-bond donors (Lipinski definition) is 1. The number of rotatable bonds is 4. The maximum absolute atomic E-state index is 13.8. The smallest absolute Gasteiger partial charge is 0.341 e. The third kappa shape index (κ3) is 3.78. The Kier molecular flexibility index (Phi) is 4.90. The number of methoxy groups -OCH3 is 1. The number of ether oxygens (including phenoxy) is 2. The van der Waals surface area contributed by atoms with Crippen LogP contribution in [0.25, 0.3) is 0 Å². The van der Waals surface area contributed by atoms with Gasteiger partial charge in [0.2, 0.25) is 5.91 Å². The predicted octanol–water partition coefficient (Wildman–Crippen LogP) is 2.51. The van der Waals surface area contributed by atoms with Gasteiger partial charge in [0.05, 0.1) is 11.7 Å². The first-order valence-electron chi connectivity index (χ1n) is 6.82. The molecular weight excluding hydrogens is 277 g/mol. The summed E-state index contributed by atoms with van der Waals surface area (Å²) in [4.78, 5) is 23.1. The summed E-state index contributed by atoms with van der Waals surface area (Å²) >= 11 is 0. The molecule has 1 aliphatic carbocycles. The maximum Gasteiger partial charge on any atom is 0.341 e. The molecule has 1 aromatic rings. The number of esters is 1. The van der Waals surface area contributed by atoms with E-state index in [-0.39, 0.29) is 23.7 Å². The molecule has 2 rings (SSSR count). The van der Waals surface area contributed by atoms with Crippen molar-refractivity contribution in [3.8, 4) is 0 Å². The zero-order chi connectivity index (χ0) is 15.4. The Morgan fingerprint density at radius 2 is 2.00 bits per heavy atom. The van der Waals surface area contributed by atoms with Crippen LogP contribution in [0.4, 0.5) is 10.1 Å². The first kappa shape index (κ1) is 15.4. The van der Waals surface area contributed by atoms with E-state index < -0.39 is 11.8 Å². The van der Waals surface area contributed by atoms with E-state index >= 15 is 0 Å². The summed E-state index contributed by atoms with van der Waals surface area (Å²) < 4.78 is 24.3. The van der Waals surface area contributed by atoms with E-state index in [0.29, 0.717) is 12.1 Å². The predicted molar refractivity (Wildman–Crippen MR) is 74.6 cm³/mol. The minimum atomic E-state index is -0.742. The molecular formula is C15H18FNO4. The first-order chi connectivity index (χ1) is 10.0. The van der Waals surface area contributed by atoms with E-state index in [2.05, 4.69) is 5.32 Å². The summed E-state index contributed by atoms with van der Waals surface area (Å²) in [6.07, 6.45) is 1.94. The SMILES string of the molecule is CO[C@H]1CCC[C@@H]1OC(=O)c1cc(NC(C)=O)ccc1F. The molecule has 0 radical (unpaired) electrons. The van der Waals surface area contributed by atoms with Gasteiger partial charge in [-0.1, -0.05) is 0 Å². The van der Waals surface area contributed by atoms with E-state index in [4.69, 9.17) is 9.47 Å². The van der Waals surface area contributed by atoms with Crippen molar-refractivity contribution in [3.63, 3.8) is 0 Å². The van der Waals surface area contributed by atoms with E-state index in [0.717, 1.165) is 18.9 Å². The molecule has 0 saturated heterocycles. The number of carbonyl (C=O) groups excluding carboxylic acids is 2. The van der Waals surface area contributed by atoms with E-state index in [9.17, 15) is 14.0 Å². The summed E-state index contributed by atoms with van der Waals surface area (Å²) in [6, 6.07) is 3.79. The van der Waals surface area contributed by atoms with Gasteiger partial charge in [0, 0.05) is 19.7 Å². The summed E-state index contributed by atoms with van der Waals surface area (Å²) in [5, 5.41) is 2.50. The minimum absolute atomic E-state index is 0.143. The molecule has 1 aliphatic rings. The summed E-state index contributed by atoms with van der Waals surface area (Å²) in [6.45, 7) is 1.34. The van der Waals surface area contributed by atoms with Crippen molar-refractivity contribution in [1.82, 2.24) is 0 Å². The van der Waals surface area contributed by atoms with Crippen molar-refractivity contribution >= 4 is 17.6 Å². The molecule has 114 valence electrons. The Bertz CT molecular complexity index is 546. The highest BCUT2D eigenvalue weighted by Crippen LogP contribution is 2.26. The Labute approximate surface area is 122 Å². The third-order valence-corrected chi connectivity index (χ3v) is 3.46. The number of nitrogens with one attached hydrogen (secondary N) is 1. The van der Waals surface area contributed by atoms with Gasteiger partial charge in [0.15, 0.2) is 0 Å². The highest BCUT2D eigenvalue weighted by molar-refractivity contribution is 5.94. The van der Waals surface area contributed by atoms with Crippen molar-refractivity contribution in [3.05, 3.63) is 29.6 Å². The van der Waals surface area contributed by atoms with Crippen LogP contribution in [0.3, 0.4) is 0 Å². The number of amides is 1. The summed E-state index contributed by atoms with van der Waals surface area (Å²) in [5.41, 5.74) is 0.161. The van der Waals surface area contributed by atoms with Gasteiger partial charge >= 0.3 is 5.97 Å². The number of hydrogen-bond acceptors (Lipinski definition) is 4. The molecule has 0 bridgehead atoms. The summed E-state index contributed by atoms with van der Waals surface area (Å²) in [5.74, 6) is -1.72. The number of benzene rings is 1. The van der Waals surface area contributed by atoms with E-state index in [1.165, 1.54) is 19.1 Å². The molecule has 21 heavy (non-hydrogen) atoms. The lowest BCUT2D eigenvalue weighted by molar-refractivity contribution is -0.114. The van der Waals surface area contributed by atoms with Crippen molar-refractivity contribution in [1.29, 1.82) is 0 Å². The number of halogens is 1. The highest BCUT2D eigenvalue weighted by Gasteiger charge is 2.31. The van der Waals surface area contributed by atoms with Crippen LogP contribution in [0.2, 0.25) is 0 Å². The molecule has 1 aromatic carbocycles. The maximum atomic E-state index is 13.8. The van der Waals surface area contributed by atoms with Crippen LogP contribution in [-0.4, -0.2) is 31.2 Å². The van der Waals surface area contributed by atoms with Crippen LogP contribution in [-0.2, 0) is 14.3 Å². The molecule has 5 nitrogen and oxygen atoms in total. The molecule has 0 spiro atoms. The fourth-order valence-corrected chi connectivity index (χ4v) is 2.46. The lowest BCUT2D eigenvalue weighted by Crippen LogP contribution is -2.28. The van der Waals surface area contributed by atoms with Crippen molar-refractivity contribution in [2.24, 2.45) is 0 Å². The normalized spacial score (nSPS) is 21.1. The monoisotopic (exact) mass is 295 g/mol. The number of anilines is 1. The van der Waals surface area contributed by atoms with Crippen molar-refractivity contribution < 1.29 is 23.5 Å². The molecule has 0 unspecified atom stereocenters. The van der Waals surface area contributed by atoms with Crippen LogP contribution in [0.15, 0.2) is 18.2 Å². The molecule has 0 aromatic heterocycles. The summed E-state index contributed by atoms with van der Waals surface area (Å²) in [7, 11) is 1.56. The minimum Gasteiger partial charge on any atom is -0.456 e. The van der Waals surface area contributed by atoms with Gasteiger partial charge < -0.3 is 14.8 Å². The fourth-order valence-electron chi connectivity index (χ4n) is 2.46. The molecule has 1 N–H and O–H groups in total. The second kappa shape index (κ2) is 6.67. The van der Waals surface area contributed by atoms with Gasteiger partial charge in [-0.05, 0) is 37.5 Å². The zero-order valence-corrected chi connectivity index (χ0v) is 12.0. The second-order valence-corrected chi connectivity index (χ2v) is 5.02. The van der Waals surface area contributed by atoms with Crippen LogP contribution in [0, 0.1) is 5.82 Å². The average molecular weight is 295 g/mol. The zero-order valence-electron chi connectivity index (χ0n) is 12.0. The lowest BCUT2D eigenvalue weighted by Gasteiger charge is -2.19. The quantitative estimate of drug-likeness (QED) is 0.867. The Morgan fingerprint density at radius 3 is 2.67 bits per heavy atom. The van der Waals surface area contributed by atoms with Crippen molar-refractivity contribution in [2.75, 3.05) is 12.4 Å². The average Bonchev–Trinajstić information content (AvgIpc) is 2.87. The second-order valence-electron chi connectivity index (χ2n) is 5.02. The van der Waals surface area contributed by atoms with Gasteiger partial charge in [0.25, 0.3) is 0 Å². The van der Waals surface area contributed by atoms with Gasteiger partial charge in [-0.25, -0.2) is 9.18 Å². The fraction of sp³-hybridized carbons (Fsp3) is 0.467. The van der Waals surface area contributed by atoms with Crippen molar-refractivity contribution in [2.45, 2.75) is 38.4 Å². The Morgan fingerprint density at radius 1 is 1.29 bits per heavy atom. The van der Waals surface area contributed by atoms with Crippen LogP contribution >= 0.6 is 0 Å². The Hall–Kier alpha value is -1.95. The van der Waals surface area contributed by atoms with Gasteiger partial charge in [0.1, 0.15) is 11.9 Å². The standard InChI is InChI=1S/C15H18FNO4/c1-9(18)17-10-6-7-12(16)11(8-10)15(19)21-14-5-3-4-13(14)20-2/h6-8,13-14H,3-5H2,1-2H3,(H,17,18)/t13-,14-/m0/s1. The first-order valence-corrected chi connectivity index (χ1v) is 6.82. The topological polar surface area (TPSA) is 64.6 Å². The molecule has 2 atom stereocenters.